The first-order valence-electron chi connectivity index (χ1n) is 8.39. The molecular formula is C20H24NO3P. The fraction of sp³-hybridized carbons (Fsp3) is 0.250. The Morgan fingerprint density at radius 3 is 1.88 bits per heavy atom. The van der Waals surface area contributed by atoms with Crippen LogP contribution < -0.4 is 10.6 Å². The normalized spacial score (nSPS) is 11.9. The molecule has 0 aliphatic heterocycles. The highest BCUT2D eigenvalue weighted by molar-refractivity contribution is 7.76. The maximum absolute atomic E-state index is 12.3. The second kappa shape index (κ2) is 9.36. The molecule has 0 heterocycles. The molecule has 0 spiro atoms. The number of hydrogen-bond donors (Lipinski definition) is 0. The van der Waals surface area contributed by atoms with Crippen molar-refractivity contribution in [2.24, 2.45) is 4.74 Å². The fourth-order valence-corrected chi connectivity index (χ4v) is 5.37. The number of carbonyl (C=O) groups excluding carboxylic acids is 1. The third-order valence-electron chi connectivity index (χ3n) is 3.53. The molecule has 0 bridgehead atoms. The molecule has 2 aromatic carbocycles. The standard InChI is InChI=1S/C20H24NO3P/c1-4-19(20(22)23-5-2)21-25(24-6-3,17-13-9-7-10-14-17)18-15-11-8-12-16-18/h4,7-16H,5-6H2,1-3H3/b19-4+. The van der Waals surface area contributed by atoms with E-state index in [2.05, 4.69) is 0 Å². The van der Waals surface area contributed by atoms with E-state index >= 15 is 0 Å². The van der Waals surface area contributed by atoms with Crippen LogP contribution in [0.2, 0.25) is 0 Å². The van der Waals surface area contributed by atoms with Crippen LogP contribution in [-0.4, -0.2) is 19.2 Å². The molecule has 0 fully saturated rings. The predicted molar refractivity (Wildman–Crippen MR) is 104 cm³/mol. The Hall–Kier alpha value is -2.16. The zero-order valence-corrected chi connectivity index (χ0v) is 15.8. The molecule has 0 saturated heterocycles. The summed E-state index contributed by atoms with van der Waals surface area (Å²) in [4.78, 5) is 12.3. The topological polar surface area (TPSA) is 47.9 Å². The van der Waals surface area contributed by atoms with Crippen LogP contribution in [-0.2, 0) is 14.1 Å². The third-order valence-corrected chi connectivity index (χ3v) is 6.66. The lowest BCUT2D eigenvalue weighted by Gasteiger charge is -2.25. The molecule has 2 rings (SSSR count). The minimum atomic E-state index is -2.60. The SMILES string of the molecule is C/C=C(/N=P(OCC)(c1ccccc1)c1ccccc1)C(=O)OCC. The monoisotopic (exact) mass is 357 g/mol. The average Bonchev–Trinajstić information content (AvgIpc) is 2.66. The van der Waals surface area contributed by atoms with Crippen molar-refractivity contribution >= 4 is 23.9 Å². The van der Waals surface area contributed by atoms with Crippen LogP contribution in [0.3, 0.4) is 0 Å². The van der Waals surface area contributed by atoms with Gasteiger partial charge in [0.25, 0.3) is 0 Å². The lowest BCUT2D eigenvalue weighted by Crippen LogP contribution is -2.19. The van der Waals surface area contributed by atoms with E-state index in [1.807, 2.05) is 67.6 Å². The predicted octanol–water partition coefficient (Wildman–Crippen LogP) is 4.26. The van der Waals surface area contributed by atoms with Crippen molar-refractivity contribution in [3.63, 3.8) is 0 Å². The molecule has 0 saturated carbocycles. The van der Waals surface area contributed by atoms with Gasteiger partial charge in [0.05, 0.1) is 13.2 Å². The molecule has 132 valence electrons. The molecule has 0 aliphatic rings. The Labute approximate surface area is 149 Å². The Bertz CT molecular complexity index is 727. The van der Waals surface area contributed by atoms with E-state index < -0.39 is 13.3 Å². The van der Waals surface area contributed by atoms with Crippen LogP contribution in [0.5, 0.6) is 0 Å². The summed E-state index contributed by atoms with van der Waals surface area (Å²) in [7, 11) is -2.60. The van der Waals surface area contributed by atoms with Gasteiger partial charge in [0, 0.05) is 10.6 Å². The van der Waals surface area contributed by atoms with E-state index in [1.54, 1.807) is 19.9 Å². The Morgan fingerprint density at radius 1 is 0.960 bits per heavy atom. The van der Waals surface area contributed by atoms with E-state index in [9.17, 15) is 4.79 Å². The molecule has 0 aromatic heterocycles. The summed E-state index contributed by atoms with van der Waals surface area (Å²) < 4.78 is 16.3. The van der Waals surface area contributed by atoms with Crippen LogP contribution in [0.25, 0.3) is 0 Å². The third kappa shape index (κ3) is 4.47. The van der Waals surface area contributed by atoms with E-state index in [0.717, 1.165) is 10.6 Å². The second-order valence-corrected chi connectivity index (χ2v) is 7.80. The van der Waals surface area contributed by atoms with Gasteiger partial charge in [-0.15, -0.1) is 0 Å². The van der Waals surface area contributed by atoms with Gasteiger partial charge in [0.15, 0.2) is 0 Å². The van der Waals surface area contributed by atoms with Gasteiger partial charge >= 0.3 is 5.97 Å². The number of rotatable bonds is 7. The summed E-state index contributed by atoms with van der Waals surface area (Å²) in [6, 6.07) is 19.7. The molecule has 2 aromatic rings. The minimum absolute atomic E-state index is 0.288. The molecule has 0 atom stereocenters. The summed E-state index contributed by atoms with van der Waals surface area (Å²) in [5.74, 6) is -0.430. The van der Waals surface area contributed by atoms with Crippen molar-refractivity contribution in [3.8, 4) is 0 Å². The molecule has 0 unspecified atom stereocenters. The summed E-state index contributed by atoms with van der Waals surface area (Å²) in [6.45, 7) is 6.30. The van der Waals surface area contributed by atoms with Crippen molar-refractivity contribution < 1.29 is 14.1 Å². The minimum Gasteiger partial charge on any atom is -0.461 e. The zero-order chi connectivity index (χ0) is 18.1. The van der Waals surface area contributed by atoms with Gasteiger partial charge in [0.1, 0.15) is 13.0 Å². The van der Waals surface area contributed by atoms with E-state index in [0.29, 0.717) is 13.2 Å². The van der Waals surface area contributed by atoms with Crippen molar-refractivity contribution in [2.45, 2.75) is 20.8 Å². The van der Waals surface area contributed by atoms with Crippen LogP contribution in [0.15, 0.2) is 77.2 Å². The summed E-state index contributed by atoms with van der Waals surface area (Å²) in [6.07, 6.45) is 1.68. The summed E-state index contributed by atoms with van der Waals surface area (Å²) >= 11 is 0. The van der Waals surface area contributed by atoms with E-state index in [-0.39, 0.29) is 5.70 Å². The first-order valence-corrected chi connectivity index (χ1v) is 10.1. The van der Waals surface area contributed by atoms with Crippen molar-refractivity contribution in [1.29, 1.82) is 0 Å². The zero-order valence-electron chi connectivity index (χ0n) is 14.9. The van der Waals surface area contributed by atoms with Crippen molar-refractivity contribution in [3.05, 3.63) is 72.4 Å². The van der Waals surface area contributed by atoms with Gasteiger partial charge in [-0.05, 0) is 20.8 Å². The molecule has 0 N–H and O–H groups in total. The van der Waals surface area contributed by atoms with E-state index in [1.165, 1.54) is 0 Å². The number of hydrogen-bond acceptors (Lipinski definition) is 4. The number of ether oxygens (including phenoxy) is 1. The number of benzene rings is 2. The molecule has 5 heteroatoms. The smallest absolute Gasteiger partial charge is 0.356 e. The van der Waals surface area contributed by atoms with Crippen LogP contribution in [0, 0.1) is 0 Å². The fourth-order valence-electron chi connectivity index (χ4n) is 2.46. The maximum Gasteiger partial charge on any atom is 0.356 e. The summed E-state index contributed by atoms with van der Waals surface area (Å²) in [5, 5.41) is 1.93. The van der Waals surface area contributed by atoms with E-state index in [4.69, 9.17) is 14.0 Å². The number of nitrogens with zero attached hydrogens (tertiary/aromatic N) is 1. The van der Waals surface area contributed by atoms with Crippen LogP contribution in [0.4, 0.5) is 0 Å². The largest absolute Gasteiger partial charge is 0.461 e. The van der Waals surface area contributed by atoms with Gasteiger partial charge in [0.2, 0.25) is 0 Å². The van der Waals surface area contributed by atoms with Gasteiger partial charge in [-0.1, -0.05) is 66.7 Å². The van der Waals surface area contributed by atoms with Gasteiger partial charge in [-0.3, -0.25) is 0 Å². The summed E-state index contributed by atoms with van der Waals surface area (Å²) in [5.41, 5.74) is 0.288. The van der Waals surface area contributed by atoms with Crippen LogP contribution in [0.1, 0.15) is 20.8 Å². The molecule has 0 aliphatic carbocycles. The lowest BCUT2D eigenvalue weighted by atomic mass is 10.4. The highest BCUT2D eigenvalue weighted by Crippen LogP contribution is 2.49. The molecule has 4 nitrogen and oxygen atoms in total. The molecule has 0 amide bonds. The van der Waals surface area contributed by atoms with Gasteiger partial charge < -0.3 is 9.26 Å². The molecule has 25 heavy (non-hydrogen) atoms. The van der Waals surface area contributed by atoms with Crippen molar-refractivity contribution in [2.75, 3.05) is 13.2 Å². The maximum atomic E-state index is 12.3. The highest BCUT2D eigenvalue weighted by atomic mass is 31.2. The first kappa shape index (κ1) is 19.2. The molecular weight excluding hydrogens is 333 g/mol. The van der Waals surface area contributed by atoms with Crippen LogP contribution >= 0.6 is 7.28 Å². The Morgan fingerprint density at radius 2 is 1.48 bits per heavy atom. The first-order chi connectivity index (χ1) is 12.2. The number of carbonyl (C=O) groups is 1. The van der Waals surface area contributed by atoms with Gasteiger partial charge in [-0.25, -0.2) is 9.54 Å². The quantitative estimate of drug-likeness (QED) is 0.423. The number of allylic oxidation sites excluding steroid dienone is 1. The lowest BCUT2D eigenvalue weighted by molar-refractivity contribution is -0.138. The average molecular weight is 357 g/mol. The van der Waals surface area contributed by atoms with Gasteiger partial charge in [-0.2, -0.15) is 0 Å². The van der Waals surface area contributed by atoms with Crippen molar-refractivity contribution in [1.82, 2.24) is 0 Å². The highest BCUT2D eigenvalue weighted by Gasteiger charge is 2.27. The number of esters is 1. The Kier molecular flexibility index (Phi) is 7.17. The second-order valence-electron chi connectivity index (χ2n) is 5.16. The Balaban J connectivity index is 2.74. The molecule has 0 radical (unpaired) electrons.